The number of hydrogen-bond donors (Lipinski definition) is 0. The van der Waals surface area contributed by atoms with E-state index in [0.29, 0.717) is 30.2 Å². The van der Waals surface area contributed by atoms with E-state index in [9.17, 15) is 4.79 Å². The summed E-state index contributed by atoms with van der Waals surface area (Å²) >= 11 is 0. The van der Waals surface area contributed by atoms with Crippen molar-refractivity contribution in [3.05, 3.63) is 78.4 Å². The van der Waals surface area contributed by atoms with Crippen LogP contribution in [0.15, 0.2) is 72.8 Å². The van der Waals surface area contributed by atoms with E-state index in [1.807, 2.05) is 72.8 Å². The number of likely N-dealkylation sites (N-methyl/N-ethyl adjacent to an activating group) is 1. The molecule has 3 aromatic rings. The van der Waals surface area contributed by atoms with Crippen molar-refractivity contribution in [2.45, 2.75) is 6.42 Å². The van der Waals surface area contributed by atoms with E-state index in [-0.39, 0.29) is 12.5 Å². The van der Waals surface area contributed by atoms with Gasteiger partial charge >= 0.3 is 0 Å². The van der Waals surface area contributed by atoms with Gasteiger partial charge in [-0.25, -0.2) is 0 Å². The SMILES string of the molecule is COc1ccc(CCN(C)C(=O)COc2ccccc2-c2ccccc2)cc1OC. The largest absolute Gasteiger partial charge is 0.493 e. The lowest BCUT2D eigenvalue weighted by Gasteiger charge is -2.19. The molecule has 5 nitrogen and oxygen atoms in total. The van der Waals surface area contributed by atoms with Crippen LogP contribution in [-0.4, -0.2) is 45.2 Å². The van der Waals surface area contributed by atoms with Gasteiger partial charge in [0.05, 0.1) is 14.2 Å². The predicted octanol–water partition coefficient (Wildman–Crippen LogP) is 4.45. The topological polar surface area (TPSA) is 48.0 Å². The van der Waals surface area contributed by atoms with Crippen molar-refractivity contribution >= 4 is 5.91 Å². The molecule has 0 saturated heterocycles. The number of carbonyl (C=O) groups is 1. The lowest BCUT2D eigenvalue weighted by molar-refractivity contribution is -0.132. The lowest BCUT2D eigenvalue weighted by Crippen LogP contribution is -2.33. The minimum atomic E-state index is -0.0710. The van der Waals surface area contributed by atoms with Crippen molar-refractivity contribution in [1.82, 2.24) is 4.90 Å². The first kappa shape index (κ1) is 21.2. The number of methoxy groups -OCH3 is 2. The van der Waals surface area contributed by atoms with Gasteiger partial charge in [0.1, 0.15) is 5.75 Å². The van der Waals surface area contributed by atoms with E-state index in [2.05, 4.69) is 0 Å². The number of benzene rings is 3. The van der Waals surface area contributed by atoms with Crippen LogP contribution in [0, 0.1) is 0 Å². The van der Waals surface area contributed by atoms with Gasteiger partial charge in [-0.15, -0.1) is 0 Å². The number of carbonyl (C=O) groups excluding carboxylic acids is 1. The third-order valence-corrected chi connectivity index (χ3v) is 4.93. The highest BCUT2D eigenvalue weighted by atomic mass is 16.5. The highest BCUT2D eigenvalue weighted by molar-refractivity contribution is 5.78. The maximum atomic E-state index is 12.6. The maximum absolute atomic E-state index is 12.6. The molecule has 0 bridgehead atoms. The van der Waals surface area contributed by atoms with Crippen molar-refractivity contribution in [2.24, 2.45) is 0 Å². The van der Waals surface area contributed by atoms with Gasteiger partial charge in [0.15, 0.2) is 18.1 Å². The van der Waals surface area contributed by atoms with Crippen LogP contribution in [-0.2, 0) is 11.2 Å². The highest BCUT2D eigenvalue weighted by Gasteiger charge is 2.13. The average molecular weight is 405 g/mol. The molecule has 0 atom stereocenters. The molecule has 0 aliphatic rings. The van der Waals surface area contributed by atoms with E-state index in [4.69, 9.17) is 14.2 Å². The van der Waals surface area contributed by atoms with Crippen LogP contribution in [0.1, 0.15) is 5.56 Å². The predicted molar refractivity (Wildman–Crippen MR) is 118 cm³/mol. The molecule has 1 amide bonds. The fourth-order valence-corrected chi connectivity index (χ4v) is 3.16. The molecule has 0 aromatic heterocycles. The molecule has 0 N–H and O–H groups in total. The molecule has 30 heavy (non-hydrogen) atoms. The van der Waals surface area contributed by atoms with E-state index < -0.39 is 0 Å². The number of ether oxygens (including phenoxy) is 3. The van der Waals surface area contributed by atoms with Gasteiger partial charge in [-0.2, -0.15) is 0 Å². The molecule has 0 heterocycles. The summed E-state index contributed by atoms with van der Waals surface area (Å²) in [6.45, 7) is 0.574. The van der Waals surface area contributed by atoms with Gasteiger partial charge in [0.2, 0.25) is 0 Å². The molecule has 0 radical (unpaired) electrons. The van der Waals surface area contributed by atoms with Crippen LogP contribution < -0.4 is 14.2 Å². The molecular formula is C25H27NO4. The number of para-hydroxylation sites is 1. The lowest BCUT2D eigenvalue weighted by atomic mass is 10.1. The van der Waals surface area contributed by atoms with Crippen LogP contribution in [0.5, 0.6) is 17.2 Å². The molecule has 3 aromatic carbocycles. The minimum Gasteiger partial charge on any atom is -0.493 e. The van der Waals surface area contributed by atoms with Crippen molar-refractivity contribution in [1.29, 1.82) is 0 Å². The summed E-state index contributed by atoms with van der Waals surface area (Å²) in [5, 5.41) is 0. The molecule has 3 rings (SSSR count). The fourth-order valence-electron chi connectivity index (χ4n) is 3.16. The Bertz CT molecular complexity index is 972. The molecule has 0 aliphatic carbocycles. The minimum absolute atomic E-state index is 0.00766. The van der Waals surface area contributed by atoms with Crippen LogP contribution >= 0.6 is 0 Å². The Labute approximate surface area is 177 Å². The van der Waals surface area contributed by atoms with Crippen molar-refractivity contribution in [3.63, 3.8) is 0 Å². The number of nitrogens with zero attached hydrogens (tertiary/aromatic N) is 1. The quantitative estimate of drug-likeness (QED) is 0.528. The molecule has 0 unspecified atom stereocenters. The summed E-state index contributed by atoms with van der Waals surface area (Å²) in [7, 11) is 5.01. The smallest absolute Gasteiger partial charge is 0.260 e. The Morgan fingerprint density at radius 2 is 1.53 bits per heavy atom. The highest BCUT2D eigenvalue weighted by Crippen LogP contribution is 2.30. The molecule has 0 aliphatic heterocycles. The molecule has 156 valence electrons. The summed E-state index contributed by atoms with van der Waals surface area (Å²) in [4.78, 5) is 14.2. The van der Waals surface area contributed by atoms with Gasteiger partial charge < -0.3 is 19.1 Å². The average Bonchev–Trinajstić information content (AvgIpc) is 2.81. The van der Waals surface area contributed by atoms with Gasteiger partial charge in [-0.3, -0.25) is 4.79 Å². The van der Waals surface area contributed by atoms with E-state index in [1.54, 1.807) is 26.2 Å². The van der Waals surface area contributed by atoms with E-state index >= 15 is 0 Å². The van der Waals surface area contributed by atoms with Gasteiger partial charge in [-0.1, -0.05) is 54.6 Å². The third-order valence-electron chi connectivity index (χ3n) is 4.93. The van der Waals surface area contributed by atoms with Crippen molar-refractivity contribution in [3.8, 4) is 28.4 Å². The summed E-state index contributed by atoms with van der Waals surface area (Å²) in [5.74, 6) is 2.00. The Kier molecular flexibility index (Phi) is 7.33. The van der Waals surface area contributed by atoms with E-state index in [1.165, 1.54) is 0 Å². The second kappa shape index (κ2) is 10.3. The summed E-state index contributed by atoms with van der Waals surface area (Å²) in [6, 6.07) is 23.5. The van der Waals surface area contributed by atoms with Gasteiger partial charge in [0.25, 0.3) is 5.91 Å². The first-order chi connectivity index (χ1) is 14.6. The summed E-state index contributed by atoms with van der Waals surface area (Å²) in [5.41, 5.74) is 3.10. The Morgan fingerprint density at radius 1 is 0.833 bits per heavy atom. The zero-order valence-corrected chi connectivity index (χ0v) is 17.6. The first-order valence-electron chi connectivity index (χ1n) is 9.84. The van der Waals surface area contributed by atoms with Crippen LogP contribution in [0.3, 0.4) is 0 Å². The van der Waals surface area contributed by atoms with Crippen LogP contribution in [0.4, 0.5) is 0 Å². The number of rotatable bonds is 9. The maximum Gasteiger partial charge on any atom is 0.260 e. The van der Waals surface area contributed by atoms with Gasteiger partial charge in [-0.05, 0) is 35.7 Å². The second-order valence-electron chi connectivity index (χ2n) is 6.91. The second-order valence-corrected chi connectivity index (χ2v) is 6.91. The Hall–Kier alpha value is -3.47. The first-order valence-corrected chi connectivity index (χ1v) is 9.84. The van der Waals surface area contributed by atoms with Gasteiger partial charge in [0, 0.05) is 19.2 Å². The van der Waals surface area contributed by atoms with Crippen molar-refractivity contribution < 1.29 is 19.0 Å². The molecule has 0 spiro atoms. The van der Waals surface area contributed by atoms with Crippen LogP contribution in [0.25, 0.3) is 11.1 Å². The molecular weight excluding hydrogens is 378 g/mol. The summed E-state index contributed by atoms with van der Waals surface area (Å²) < 4.78 is 16.5. The van der Waals surface area contributed by atoms with Crippen LogP contribution in [0.2, 0.25) is 0 Å². The molecule has 5 heteroatoms. The zero-order chi connectivity index (χ0) is 21.3. The molecule has 0 fully saturated rings. The van der Waals surface area contributed by atoms with Crippen molar-refractivity contribution in [2.75, 3.05) is 34.4 Å². The Morgan fingerprint density at radius 3 is 2.27 bits per heavy atom. The monoisotopic (exact) mass is 405 g/mol. The van der Waals surface area contributed by atoms with E-state index in [0.717, 1.165) is 16.7 Å². The fraction of sp³-hybridized carbons (Fsp3) is 0.240. The summed E-state index contributed by atoms with van der Waals surface area (Å²) in [6.07, 6.45) is 0.712. The standard InChI is InChI=1S/C25H27NO4/c1-26(16-15-19-13-14-23(28-2)24(17-19)29-3)25(27)18-30-22-12-8-7-11-21(22)20-9-5-4-6-10-20/h4-14,17H,15-16,18H2,1-3H3. The third kappa shape index (κ3) is 5.32. The zero-order valence-electron chi connectivity index (χ0n) is 17.6. The normalized spacial score (nSPS) is 10.4. The Balaban J connectivity index is 1.57. The number of hydrogen-bond acceptors (Lipinski definition) is 4. The molecule has 0 saturated carbocycles. The number of amides is 1.